The predicted molar refractivity (Wildman–Crippen MR) is 74.6 cm³/mol. The van der Waals surface area contributed by atoms with Crippen molar-refractivity contribution in [3.63, 3.8) is 0 Å². The summed E-state index contributed by atoms with van der Waals surface area (Å²) in [6, 6.07) is 1.72. The number of aromatic nitrogens is 4. The number of likely N-dealkylation sites (N-methyl/N-ethyl adjacent to an activating group) is 1. The Kier molecular flexibility index (Phi) is 4.62. The molecule has 0 aliphatic carbocycles. The second-order valence-corrected chi connectivity index (χ2v) is 5.27. The Morgan fingerprint density at radius 1 is 1.37 bits per heavy atom. The van der Waals surface area contributed by atoms with Crippen LogP contribution in [0.1, 0.15) is 17.6 Å². The predicted octanol–water partition coefficient (Wildman–Crippen LogP) is 1.08. The molecule has 0 aliphatic heterocycles. The fourth-order valence-corrected chi connectivity index (χ4v) is 2.20. The van der Waals surface area contributed by atoms with E-state index in [9.17, 15) is 5.11 Å². The van der Waals surface area contributed by atoms with Gasteiger partial charge in [-0.15, -0.1) is 0 Å². The molecule has 0 amide bonds. The van der Waals surface area contributed by atoms with Crippen LogP contribution in [-0.4, -0.2) is 50.4 Å². The zero-order valence-electron chi connectivity index (χ0n) is 10.9. The summed E-state index contributed by atoms with van der Waals surface area (Å²) in [4.78, 5) is 10.2. The van der Waals surface area contributed by atoms with E-state index in [0.717, 1.165) is 11.0 Å². The topological polar surface area (TPSA) is 67.1 Å². The van der Waals surface area contributed by atoms with E-state index in [1.807, 2.05) is 14.1 Å². The molecule has 0 fully saturated rings. The number of nitrogens with zero attached hydrogens (tertiary/aromatic N) is 5. The zero-order valence-corrected chi connectivity index (χ0v) is 12.4. The minimum absolute atomic E-state index is 0.370. The monoisotopic (exact) mass is 325 g/mol. The maximum Gasteiger partial charge on any atom is 0.163 e. The van der Waals surface area contributed by atoms with Crippen LogP contribution >= 0.6 is 15.9 Å². The molecule has 2 aromatic heterocycles. The van der Waals surface area contributed by atoms with Gasteiger partial charge >= 0.3 is 0 Å². The molecule has 2 rings (SSSR count). The average Bonchev–Trinajstić information content (AvgIpc) is 2.78. The Labute approximate surface area is 120 Å². The summed E-state index contributed by atoms with van der Waals surface area (Å²) in [6.45, 7) is 1.53. The summed E-state index contributed by atoms with van der Waals surface area (Å²) < 4.78 is 2.52. The van der Waals surface area contributed by atoms with Crippen molar-refractivity contribution in [1.82, 2.24) is 24.6 Å². The lowest BCUT2D eigenvalue weighted by atomic mass is 10.2. The lowest BCUT2D eigenvalue weighted by Gasteiger charge is -2.15. The molecule has 0 spiro atoms. The van der Waals surface area contributed by atoms with Crippen molar-refractivity contribution in [2.24, 2.45) is 0 Å². The number of aliphatic hydroxyl groups excluding tert-OH is 1. The quantitative estimate of drug-likeness (QED) is 0.891. The van der Waals surface area contributed by atoms with Gasteiger partial charge in [0.2, 0.25) is 0 Å². The molecular formula is C12H16BrN5O. The molecule has 1 atom stereocenters. The molecule has 2 heterocycles. The molecule has 1 unspecified atom stereocenters. The molecule has 2 aromatic rings. The smallest absolute Gasteiger partial charge is 0.163 e. The number of hydrogen-bond donors (Lipinski definition) is 1. The van der Waals surface area contributed by atoms with Gasteiger partial charge in [0.1, 0.15) is 0 Å². The number of halogens is 1. The molecule has 0 bridgehead atoms. The van der Waals surface area contributed by atoms with Gasteiger partial charge < -0.3 is 10.0 Å². The molecule has 19 heavy (non-hydrogen) atoms. The van der Waals surface area contributed by atoms with Crippen molar-refractivity contribution in [2.75, 3.05) is 20.6 Å². The fraction of sp³-hybridized carbons (Fsp3) is 0.417. The molecule has 0 aromatic carbocycles. The minimum atomic E-state index is -0.889. The molecule has 0 aliphatic rings. The number of hydrogen-bond acceptors (Lipinski definition) is 5. The van der Waals surface area contributed by atoms with E-state index in [1.165, 1.54) is 0 Å². The Morgan fingerprint density at radius 2 is 2.05 bits per heavy atom. The molecule has 102 valence electrons. The second kappa shape index (κ2) is 6.23. The highest BCUT2D eigenvalue weighted by Gasteiger charge is 2.21. The summed E-state index contributed by atoms with van der Waals surface area (Å²) in [6.07, 6.45) is 4.01. The van der Waals surface area contributed by atoms with Crippen LogP contribution in [0, 0.1) is 0 Å². The molecule has 1 N–H and O–H groups in total. The van der Waals surface area contributed by atoms with Crippen LogP contribution in [0.15, 0.2) is 29.1 Å². The van der Waals surface area contributed by atoms with E-state index in [0.29, 0.717) is 18.1 Å². The van der Waals surface area contributed by atoms with Crippen LogP contribution < -0.4 is 0 Å². The van der Waals surface area contributed by atoms with Gasteiger partial charge in [-0.1, -0.05) is 0 Å². The van der Waals surface area contributed by atoms with Gasteiger partial charge in [0.15, 0.2) is 11.9 Å². The van der Waals surface area contributed by atoms with Crippen molar-refractivity contribution in [3.05, 3.63) is 40.6 Å². The van der Waals surface area contributed by atoms with Crippen molar-refractivity contribution < 1.29 is 5.11 Å². The third-order valence-electron chi connectivity index (χ3n) is 2.68. The summed E-state index contributed by atoms with van der Waals surface area (Å²) >= 11 is 3.41. The zero-order chi connectivity index (χ0) is 13.8. The van der Waals surface area contributed by atoms with E-state index in [1.54, 1.807) is 29.3 Å². The van der Waals surface area contributed by atoms with E-state index in [4.69, 9.17) is 0 Å². The van der Waals surface area contributed by atoms with Crippen molar-refractivity contribution >= 4 is 15.9 Å². The van der Waals surface area contributed by atoms with Crippen LogP contribution in [0.3, 0.4) is 0 Å². The van der Waals surface area contributed by atoms with Crippen LogP contribution in [-0.2, 0) is 6.54 Å². The van der Waals surface area contributed by atoms with Gasteiger partial charge in [-0.25, -0.2) is 9.97 Å². The summed E-state index contributed by atoms with van der Waals surface area (Å²) in [5.41, 5.74) is 0.674. The summed E-state index contributed by atoms with van der Waals surface area (Å²) in [5, 5.41) is 14.6. The highest BCUT2D eigenvalue weighted by molar-refractivity contribution is 9.10. The third-order valence-corrected chi connectivity index (χ3v) is 3.29. The standard InChI is InChI=1S/C12H16BrN5O/c1-17(2)6-7-18-10(9(13)8-16-18)11(19)12-14-4-3-5-15-12/h3-5,8,11,19H,6-7H2,1-2H3. The largest absolute Gasteiger partial charge is 0.379 e. The van der Waals surface area contributed by atoms with Gasteiger partial charge in [0, 0.05) is 18.9 Å². The first-order valence-electron chi connectivity index (χ1n) is 5.90. The first-order valence-corrected chi connectivity index (χ1v) is 6.70. The van der Waals surface area contributed by atoms with Crippen molar-refractivity contribution in [2.45, 2.75) is 12.6 Å². The van der Waals surface area contributed by atoms with E-state index in [2.05, 4.69) is 35.9 Å². The van der Waals surface area contributed by atoms with Crippen LogP contribution in [0.4, 0.5) is 0 Å². The minimum Gasteiger partial charge on any atom is -0.379 e. The average molecular weight is 326 g/mol. The van der Waals surface area contributed by atoms with E-state index < -0.39 is 6.10 Å². The molecule has 7 heteroatoms. The molecule has 0 radical (unpaired) electrons. The van der Waals surface area contributed by atoms with Gasteiger partial charge in [-0.2, -0.15) is 5.10 Å². The first kappa shape index (κ1) is 14.1. The highest BCUT2D eigenvalue weighted by atomic mass is 79.9. The second-order valence-electron chi connectivity index (χ2n) is 4.41. The SMILES string of the molecule is CN(C)CCn1ncc(Br)c1C(O)c1ncccn1. The molecular weight excluding hydrogens is 310 g/mol. The first-order chi connectivity index (χ1) is 9.09. The molecule has 0 saturated carbocycles. The van der Waals surface area contributed by atoms with Gasteiger partial charge in [-0.05, 0) is 36.1 Å². The molecule has 0 saturated heterocycles. The van der Waals surface area contributed by atoms with Crippen molar-refractivity contribution in [3.8, 4) is 0 Å². The highest BCUT2D eigenvalue weighted by Crippen LogP contribution is 2.26. The number of rotatable bonds is 5. The summed E-state index contributed by atoms with van der Waals surface area (Å²) in [7, 11) is 3.99. The molecule has 6 nitrogen and oxygen atoms in total. The lowest BCUT2D eigenvalue weighted by molar-refractivity contribution is 0.195. The van der Waals surface area contributed by atoms with E-state index >= 15 is 0 Å². The Hall–Kier alpha value is -1.31. The Balaban J connectivity index is 2.26. The lowest BCUT2D eigenvalue weighted by Crippen LogP contribution is -2.21. The normalized spacial score (nSPS) is 12.9. The van der Waals surface area contributed by atoms with Gasteiger partial charge in [0.25, 0.3) is 0 Å². The maximum atomic E-state index is 10.4. The maximum absolute atomic E-state index is 10.4. The van der Waals surface area contributed by atoms with Crippen LogP contribution in [0.25, 0.3) is 0 Å². The Bertz CT molecular complexity index is 528. The van der Waals surface area contributed by atoms with Crippen molar-refractivity contribution in [1.29, 1.82) is 0 Å². The third kappa shape index (κ3) is 3.37. The van der Waals surface area contributed by atoms with Gasteiger partial charge in [0.05, 0.1) is 22.9 Å². The van der Waals surface area contributed by atoms with Gasteiger partial charge in [-0.3, -0.25) is 4.68 Å². The van der Waals surface area contributed by atoms with E-state index in [-0.39, 0.29) is 0 Å². The van der Waals surface area contributed by atoms with Crippen LogP contribution in [0.5, 0.6) is 0 Å². The fourth-order valence-electron chi connectivity index (χ4n) is 1.69. The Morgan fingerprint density at radius 3 is 2.68 bits per heavy atom. The van der Waals surface area contributed by atoms with Crippen LogP contribution in [0.2, 0.25) is 0 Å². The summed E-state index contributed by atoms with van der Waals surface area (Å²) in [5.74, 6) is 0.370. The number of aliphatic hydroxyl groups is 1.